The smallest absolute Gasteiger partial charge is 0.343 e. The van der Waals surface area contributed by atoms with Crippen molar-refractivity contribution >= 4 is 5.91 Å². The van der Waals surface area contributed by atoms with Gasteiger partial charge in [0, 0.05) is 6.04 Å². The van der Waals surface area contributed by atoms with Gasteiger partial charge in [0.05, 0.1) is 0 Å². The van der Waals surface area contributed by atoms with Crippen LogP contribution in [0.1, 0.15) is 43.7 Å². The van der Waals surface area contributed by atoms with Gasteiger partial charge in [-0.3, -0.25) is 4.79 Å². The number of nitrogens with one attached hydrogen (secondary N) is 1. The van der Waals surface area contributed by atoms with E-state index in [4.69, 9.17) is 5.73 Å². The van der Waals surface area contributed by atoms with Crippen LogP contribution in [0.4, 0.5) is 8.78 Å². The second-order valence-corrected chi connectivity index (χ2v) is 5.32. The molecular weight excluding hydrogens is 262 g/mol. The van der Waals surface area contributed by atoms with Gasteiger partial charge in [-0.2, -0.15) is 8.78 Å². The number of amides is 1. The number of rotatable bonds is 4. The first-order chi connectivity index (χ1) is 9.51. The zero-order valence-electron chi connectivity index (χ0n) is 11.3. The molecule has 3 N–H and O–H groups in total. The topological polar surface area (TPSA) is 55.1 Å². The lowest BCUT2D eigenvalue weighted by molar-refractivity contribution is -0.150. The predicted molar refractivity (Wildman–Crippen MR) is 73.3 cm³/mol. The van der Waals surface area contributed by atoms with Crippen LogP contribution in [0.15, 0.2) is 30.3 Å². The molecule has 0 spiro atoms. The van der Waals surface area contributed by atoms with E-state index in [1.807, 2.05) is 0 Å². The summed E-state index contributed by atoms with van der Waals surface area (Å²) in [5, 5.41) is 2.44. The van der Waals surface area contributed by atoms with E-state index >= 15 is 0 Å². The average molecular weight is 282 g/mol. The molecule has 1 unspecified atom stereocenters. The maximum atomic E-state index is 14.1. The summed E-state index contributed by atoms with van der Waals surface area (Å²) in [4.78, 5) is 11.8. The maximum absolute atomic E-state index is 14.1. The van der Waals surface area contributed by atoms with Gasteiger partial charge in [-0.15, -0.1) is 0 Å². The van der Waals surface area contributed by atoms with Gasteiger partial charge in [0.1, 0.15) is 6.04 Å². The van der Waals surface area contributed by atoms with Gasteiger partial charge < -0.3 is 11.1 Å². The largest absolute Gasteiger partial charge is 0.348 e. The van der Waals surface area contributed by atoms with Gasteiger partial charge in [0.15, 0.2) is 0 Å². The van der Waals surface area contributed by atoms with Crippen molar-refractivity contribution in [2.75, 3.05) is 0 Å². The van der Waals surface area contributed by atoms with E-state index in [1.165, 1.54) is 12.1 Å². The quantitative estimate of drug-likeness (QED) is 0.892. The Hall–Kier alpha value is -1.49. The SMILES string of the molecule is NC(c1ccccc1)C(F)(F)C(=O)NC1CCCCC1. The summed E-state index contributed by atoms with van der Waals surface area (Å²) >= 11 is 0. The first kappa shape index (κ1) is 14.9. The summed E-state index contributed by atoms with van der Waals surface area (Å²) in [6.07, 6.45) is 4.58. The zero-order chi connectivity index (χ0) is 14.6. The number of halogens is 2. The maximum Gasteiger partial charge on any atom is 0.343 e. The van der Waals surface area contributed by atoms with E-state index in [2.05, 4.69) is 5.32 Å². The molecule has 1 amide bonds. The number of alkyl halides is 2. The van der Waals surface area contributed by atoms with Crippen LogP contribution in [0.3, 0.4) is 0 Å². The molecule has 1 aromatic rings. The Bertz CT molecular complexity index is 444. The molecule has 0 aromatic heterocycles. The first-order valence-corrected chi connectivity index (χ1v) is 7.01. The van der Waals surface area contributed by atoms with E-state index in [1.54, 1.807) is 18.2 Å². The Morgan fingerprint density at radius 3 is 2.40 bits per heavy atom. The Morgan fingerprint density at radius 1 is 1.20 bits per heavy atom. The monoisotopic (exact) mass is 282 g/mol. The number of benzene rings is 1. The summed E-state index contributed by atoms with van der Waals surface area (Å²) in [5.41, 5.74) is 5.83. The summed E-state index contributed by atoms with van der Waals surface area (Å²) in [6, 6.07) is 6.22. The summed E-state index contributed by atoms with van der Waals surface area (Å²) in [5.74, 6) is -4.86. The molecule has 0 saturated heterocycles. The number of nitrogens with two attached hydrogens (primary N) is 1. The average Bonchev–Trinajstić information content (AvgIpc) is 2.48. The third-order valence-corrected chi connectivity index (χ3v) is 3.79. The van der Waals surface area contributed by atoms with Crippen molar-refractivity contribution in [2.24, 2.45) is 5.73 Å². The molecule has 5 heteroatoms. The molecule has 110 valence electrons. The van der Waals surface area contributed by atoms with Gasteiger partial charge in [0.25, 0.3) is 5.91 Å². The fraction of sp³-hybridized carbons (Fsp3) is 0.533. The molecule has 0 radical (unpaired) electrons. The van der Waals surface area contributed by atoms with Crippen LogP contribution < -0.4 is 11.1 Å². The number of carbonyl (C=O) groups is 1. The van der Waals surface area contributed by atoms with Crippen LogP contribution in [-0.4, -0.2) is 17.9 Å². The molecule has 0 bridgehead atoms. The van der Waals surface area contributed by atoms with E-state index in [-0.39, 0.29) is 11.6 Å². The molecule has 2 rings (SSSR count). The standard InChI is InChI=1S/C15H20F2N2O/c16-15(17,13(18)11-7-3-1-4-8-11)14(20)19-12-9-5-2-6-10-12/h1,3-4,7-8,12-13H,2,5-6,9-10,18H2,(H,19,20). The number of carbonyl (C=O) groups excluding carboxylic acids is 1. The summed E-state index contributed by atoms with van der Waals surface area (Å²) < 4.78 is 28.2. The minimum Gasteiger partial charge on any atom is -0.348 e. The molecule has 0 heterocycles. The molecule has 20 heavy (non-hydrogen) atoms. The van der Waals surface area contributed by atoms with Crippen LogP contribution in [0.25, 0.3) is 0 Å². The van der Waals surface area contributed by atoms with E-state index in [9.17, 15) is 13.6 Å². The van der Waals surface area contributed by atoms with Gasteiger partial charge in [-0.1, -0.05) is 49.6 Å². The van der Waals surface area contributed by atoms with E-state index < -0.39 is 17.9 Å². The van der Waals surface area contributed by atoms with Gasteiger partial charge in [-0.05, 0) is 18.4 Å². The highest BCUT2D eigenvalue weighted by Gasteiger charge is 2.46. The van der Waals surface area contributed by atoms with Gasteiger partial charge >= 0.3 is 5.92 Å². The molecule has 3 nitrogen and oxygen atoms in total. The van der Waals surface area contributed by atoms with Gasteiger partial charge in [-0.25, -0.2) is 0 Å². The van der Waals surface area contributed by atoms with Crippen LogP contribution in [-0.2, 0) is 4.79 Å². The summed E-state index contributed by atoms with van der Waals surface area (Å²) in [6.45, 7) is 0. The van der Waals surface area contributed by atoms with Crippen molar-refractivity contribution in [3.63, 3.8) is 0 Å². The molecule has 1 saturated carbocycles. The van der Waals surface area contributed by atoms with Crippen LogP contribution in [0.5, 0.6) is 0 Å². The zero-order valence-corrected chi connectivity index (χ0v) is 11.3. The Kier molecular flexibility index (Phi) is 4.70. The Balaban J connectivity index is 2.02. The van der Waals surface area contributed by atoms with Gasteiger partial charge in [0.2, 0.25) is 0 Å². The second-order valence-electron chi connectivity index (χ2n) is 5.32. The molecule has 1 aliphatic carbocycles. The Morgan fingerprint density at radius 2 is 1.80 bits per heavy atom. The highest BCUT2D eigenvalue weighted by molar-refractivity contribution is 5.84. The first-order valence-electron chi connectivity index (χ1n) is 7.01. The van der Waals surface area contributed by atoms with Crippen molar-refractivity contribution < 1.29 is 13.6 Å². The second kappa shape index (κ2) is 6.31. The highest BCUT2D eigenvalue weighted by Crippen LogP contribution is 2.30. The van der Waals surface area contributed by atoms with Crippen molar-refractivity contribution in [2.45, 2.75) is 50.1 Å². The minimum atomic E-state index is -3.60. The lowest BCUT2D eigenvalue weighted by Gasteiger charge is -2.28. The third kappa shape index (κ3) is 3.33. The normalized spacial score (nSPS) is 18.6. The predicted octanol–water partition coefficient (Wildman–Crippen LogP) is 2.77. The molecule has 1 aliphatic rings. The van der Waals surface area contributed by atoms with Crippen LogP contribution in [0, 0.1) is 0 Å². The van der Waals surface area contributed by atoms with Crippen molar-refractivity contribution in [3.8, 4) is 0 Å². The number of hydrogen-bond donors (Lipinski definition) is 2. The lowest BCUT2D eigenvalue weighted by atomic mass is 9.94. The Labute approximate surface area is 117 Å². The summed E-state index contributed by atoms with van der Waals surface area (Å²) in [7, 11) is 0. The molecule has 1 aromatic carbocycles. The molecule has 1 fully saturated rings. The van der Waals surface area contributed by atoms with Crippen molar-refractivity contribution in [1.29, 1.82) is 0 Å². The van der Waals surface area contributed by atoms with E-state index in [0.29, 0.717) is 0 Å². The minimum absolute atomic E-state index is 0.148. The lowest BCUT2D eigenvalue weighted by Crippen LogP contribution is -2.50. The van der Waals surface area contributed by atoms with Crippen LogP contribution >= 0.6 is 0 Å². The fourth-order valence-electron chi connectivity index (χ4n) is 2.54. The third-order valence-electron chi connectivity index (χ3n) is 3.79. The molecule has 1 atom stereocenters. The van der Waals surface area contributed by atoms with E-state index in [0.717, 1.165) is 32.1 Å². The van der Waals surface area contributed by atoms with Crippen molar-refractivity contribution in [3.05, 3.63) is 35.9 Å². The van der Waals surface area contributed by atoms with Crippen molar-refractivity contribution in [1.82, 2.24) is 5.32 Å². The number of hydrogen-bond acceptors (Lipinski definition) is 2. The molecule has 0 aliphatic heterocycles. The highest BCUT2D eigenvalue weighted by atomic mass is 19.3. The van der Waals surface area contributed by atoms with Crippen LogP contribution in [0.2, 0.25) is 0 Å². The fourth-order valence-corrected chi connectivity index (χ4v) is 2.54. The molecular formula is C15H20F2N2O.